The SMILES string of the molecule is Cc1c(C(C)C)c(=O)on1C(=O)N1CCC(C(=O)N(C)C)CC1. The summed E-state index contributed by atoms with van der Waals surface area (Å²) < 4.78 is 6.22. The first kappa shape index (κ1) is 17.3. The van der Waals surface area contributed by atoms with Crippen LogP contribution in [-0.4, -0.2) is 53.7 Å². The molecular formula is C16H25N3O4. The molecule has 1 aromatic rings. The predicted molar refractivity (Wildman–Crippen MR) is 85.6 cm³/mol. The van der Waals surface area contributed by atoms with Crippen LogP contribution in [0.4, 0.5) is 4.79 Å². The Morgan fingerprint density at radius 2 is 1.78 bits per heavy atom. The van der Waals surface area contributed by atoms with E-state index in [0.29, 0.717) is 37.2 Å². The third kappa shape index (κ3) is 3.33. The first-order valence-corrected chi connectivity index (χ1v) is 7.97. The second-order valence-corrected chi connectivity index (χ2v) is 6.60. The topological polar surface area (TPSA) is 75.8 Å². The molecule has 1 saturated heterocycles. The molecule has 0 radical (unpaired) electrons. The Balaban J connectivity index is 2.11. The minimum absolute atomic E-state index is 0.00347. The van der Waals surface area contributed by atoms with Gasteiger partial charge in [-0.2, -0.15) is 0 Å². The van der Waals surface area contributed by atoms with Crippen molar-refractivity contribution >= 4 is 11.9 Å². The number of hydrogen-bond donors (Lipinski definition) is 0. The number of aromatic nitrogens is 1. The maximum Gasteiger partial charge on any atom is 0.361 e. The standard InChI is InChI=1S/C16H25N3O4/c1-10(2)13-11(3)19(23-15(13)21)16(22)18-8-6-12(7-9-18)14(20)17(4)5/h10,12H,6-9H2,1-5H3. The van der Waals surface area contributed by atoms with E-state index in [4.69, 9.17) is 4.52 Å². The fourth-order valence-corrected chi connectivity index (χ4v) is 3.10. The summed E-state index contributed by atoms with van der Waals surface area (Å²) in [5.74, 6) is 0.0599. The van der Waals surface area contributed by atoms with E-state index < -0.39 is 5.63 Å². The van der Waals surface area contributed by atoms with Crippen molar-refractivity contribution in [1.29, 1.82) is 0 Å². The third-order valence-electron chi connectivity index (χ3n) is 4.40. The molecule has 7 nitrogen and oxygen atoms in total. The molecule has 2 amide bonds. The molecule has 7 heteroatoms. The highest BCUT2D eigenvalue weighted by Gasteiger charge is 2.31. The lowest BCUT2D eigenvalue weighted by atomic mass is 9.96. The van der Waals surface area contributed by atoms with Gasteiger partial charge in [0.1, 0.15) is 0 Å². The van der Waals surface area contributed by atoms with Gasteiger partial charge in [0.2, 0.25) is 5.91 Å². The van der Waals surface area contributed by atoms with E-state index in [1.165, 1.54) is 0 Å². The largest absolute Gasteiger partial charge is 0.361 e. The van der Waals surface area contributed by atoms with Crippen LogP contribution in [0.3, 0.4) is 0 Å². The number of likely N-dealkylation sites (tertiary alicyclic amines) is 1. The Morgan fingerprint density at radius 3 is 2.22 bits per heavy atom. The Morgan fingerprint density at radius 1 is 1.22 bits per heavy atom. The van der Waals surface area contributed by atoms with E-state index in [2.05, 4.69) is 0 Å². The summed E-state index contributed by atoms with van der Waals surface area (Å²) in [6.07, 6.45) is 1.26. The van der Waals surface area contributed by atoms with Crippen molar-refractivity contribution in [2.75, 3.05) is 27.2 Å². The van der Waals surface area contributed by atoms with Crippen molar-refractivity contribution in [1.82, 2.24) is 14.5 Å². The van der Waals surface area contributed by atoms with Crippen LogP contribution in [0.1, 0.15) is 43.9 Å². The van der Waals surface area contributed by atoms with Crippen LogP contribution < -0.4 is 5.63 Å². The number of rotatable bonds is 2. The van der Waals surface area contributed by atoms with Gasteiger partial charge in [0.25, 0.3) is 0 Å². The molecule has 128 valence electrons. The van der Waals surface area contributed by atoms with Crippen molar-refractivity contribution in [2.45, 2.75) is 39.5 Å². The fraction of sp³-hybridized carbons (Fsp3) is 0.688. The minimum Gasteiger partial charge on any atom is -0.349 e. The van der Waals surface area contributed by atoms with Crippen molar-refractivity contribution in [2.24, 2.45) is 5.92 Å². The Kier molecular flexibility index (Phi) is 4.97. The maximum absolute atomic E-state index is 12.6. The van der Waals surface area contributed by atoms with Gasteiger partial charge in [0, 0.05) is 33.1 Å². The predicted octanol–water partition coefficient (Wildman–Crippen LogP) is 1.64. The summed E-state index contributed by atoms with van der Waals surface area (Å²) in [7, 11) is 3.48. The lowest BCUT2D eigenvalue weighted by Crippen LogP contribution is -2.44. The monoisotopic (exact) mass is 323 g/mol. The third-order valence-corrected chi connectivity index (χ3v) is 4.40. The summed E-state index contributed by atoms with van der Waals surface area (Å²) in [5.41, 5.74) is 0.640. The van der Waals surface area contributed by atoms with Gasteiger partial charge in [-0.1, -0.05) is 13.8 Å². The molecule has 1 aliphatic rings. The van der Waals surface area contributed by atoms with Crippen molar-refractivity contribution in [3.8, 4) is 0 Å². The first-order chi connectivity index (χ1) is 10.7. The average Bonchev–Trinajstić information content (AvgIpc) is 2.80. The number of carbonyl (C=O) groups is 2. The van der Waals surface area contributed by atoms with Crippen LogP contribution in [0.5, 0.6) is 0 Å². The van der Waals surface area contributed by atoms with E-state index in [-0.39, 0.29) is 23.8 Å². The van der Waals surface area contributed by atoms with Gasteiger partial charge in [-0.15, -0.1) is 4.74 Å². The van der Waals surface area contributed by atoms with Gasteiger partial charge in [-0.25, -0.2) is 9.59 Å². The number of nitrogens with zero attached hydrogens (tertiary/aromatic N) is 3. The highest BCUT2D eigenvalue weighted by atomic mass is 16.5. The van der Waals surface area contributed by atoms with E-state index in [1.807, 2.05) is 13.8 Å². The number of carbonyl (C=O) groups excluding carboxylic acids is 2. The van der Waals surface area contributed by atoms with Gasteiger partial charge in [0.15, 0.2) is 0 Å². The molecule has 0 unspecified atom stereocenters. The Labute approximate surface area is 135 Å². The Hall–Kier alpha value is -2.05. The average molecular weight is 323 g/mol. The molecule has 0 saturated carbocycles. The number of amides is 2. The van der Waals surface area contributed by atoms with Crippen molar-refractivity contribution in [3.05, 3.63) is 21.7 Å². The van der Waals surface area contributed by atoms with Crippen LogP contribution in [0, 0.1) is 12.8 Å². The maximum atomic E-state index is 12.6. The minimum atomic E-state index is -0.455. The zero-order chi connectivity index (χ0) is 17.3. The quantitative estimate of drug-likeness (QED) is 0.829. The summed E-state index contributed by atoms with van der Waals surface area (Å²) in [4.78, 5) is 39.7. The molecule has 2 heterocycles. The number of piperidine rings is 1. The molecule has 0 aromatic carbocycles. The summed E-state index contributed by atoms with van der Waals surface area (Å²) in [6, 6.07) is -0.331. The van der Waals surface area contributed by atoms with Crippen LogP contribution in [-0.2, 0) is 4.79 Å². The highest BCUT2D eigenvalue weighted by molar-refractivity contribution is 5.80. The lowest BCUT2D eigenvalue weighted by molar-refractivity contribution is -0.134. The summed E-state index contributed by atoms with van der Waals surface area (Å²) in [6.45, 7) is 6.49. The summed E-state index contributed by atoms with van der Waals surface area (Å²) >= 11 is 0. The van der Waals surface area contributed by atoms with Gasteiger partial charge in [-0.05, 0) is 25.7 Å². The van der Waals surface area contributed by atoms with Crippen LogP contribution >= 0.6 is 0 Å². The summed E-state index contributed by atoms with van der Waals surface area (Å²) in [5, 5.41) is 0. The van der Waals surface area contributed by atoms with Crippen LogP contribution in [0.15, 0.2) is 9.32 Å². The second kappa shape index (κ2) is 6.60. The zero-order valence-corrected chi connectivity index (χ0v) is 14.5. The molecule has 1 aliphatic heterocycles. The molecule has 0 spiro atoms. The van der Waals surface area contributed by atoms with Crippen LogP contribution in [0.2, 0.25) is 0 Å². The highest BCUT2D eigenvalue weighted by Crippen LogP contribution is 2.21. The Bertz CT molecular complexity index is 649. The molecule has 0 N–H and O–H groups in total. The normalized spacial score (nSPS) is 16.0. The van der Waals surface area contributed by atoms with E-state index in [9.17, 15) is 14.4 Å². The lowest BCUT2D eigenvalue weighted by Gasteiger charge is -2.32. The van der Waals surface area contributed by atoms with E-state index in [0.717, 1.165) is 4.74 Å². The smallest absolute Gasteiger partial charge is 0.349 e. The molecule has 0 aliphatic carbocycles. The van der Waals surface area contributed by atoms with Crippen molar-refractivity contribution in [3.63, 3.8) is 0 Å². The molecule has 0 atom stereocenters. The molecule has 1 aromatic heterocycles. The molecular weight excluding hydrogens is 298 g/mol. The number of hydrogen-bond acceptors (Lipinski definition) is 4. The molecule has 2 rings (SSSR count). The first-order valence-electron chi connectivity index (χ1n) is 7.97. The van der Waals surface area contributed by atoms with Crippen molar-refractivity contribution < 1.29 is 14.1 Å². The molecule has 1 fully saturated rings. The second-order valence-electron chi connectivity index (χ2n) is 6.60. The van der Waals surface area contributed by atoms with Crippen LogP contribution in [0.25, 0.3) is 0 Å². The van der Waals surface area contributed by atoms with E-state index in [1.54, 1.807) is 30.8 Å². The van der Waals surface area contributed by atoms with Gasteiger partial charge in [0.05, 0.1) is 11.3 Å². The zero-order valence-electron chi connectivity index (χ0n) is 14.5. The van der Waals surface area contributed by atoms with E-state index >= 15 is 0 Å². The van der Waals surface area contributed by atoms with Gasteiger partial charge in [-0.3, -0.25) is 4.79 Å². The fourth-order valence-electron chi connectivity index (χ4n) is 3.10. The molecule has 0 bridgehead atoms. The molecule has 23 heavy (non-hydrogen) atoms. The van der Waals surface area contributed by atoms with Gasteiger partial charge < -0.3 is 14.3 Å². The van der Waals surface area contributed by atoms with Gasteiger partial charge >= 0.3 is 11.7 Å².